The highest BCUT2D eigenvalue weighted by Gasteiger charge is 2.20. The molecule has 3 heterocycles. The van der Waals surface area contributed by atoms with Crippen molar-refractivity contribution in [2.75, 3.05) is 0 Å². The summed E-state index contributed by atoms with van der Waals surface area (Å²) < 4.78 is 4.67. The maximum absolute atomic E-state index is 7.59. The largest absolute Gasteiger partial charge is 0.309 e. The van der Waals surface area contributed by atoms with E-state index in [4.69, 9.17) is 13.1 Å². The van der Waals surface area contributed by atoms with Crippen molar-refractivity contribution < 1.29 is 0 Å². The number of nitrogens with zero attached hydrogens (tertiary/aromatic N) is 4. The minimum Gasteiger partial charge on any atom is -0.309 e. The molecule has 0 N–H and O–H groups in total. The van der Waals surface area contributed by atoms with Crippen LogP contribution in [0, 0.1) is 13.1 Å². The average Bonchev–Trinajstić information content (AvgIpc) is 3.53. The van der Waals surface area contributed by atoms with Crippen molar-refractivity contribution >= 4 is 66.7 Å². The minimum atomic E-state index is 0.597. The van der Waals surface area contributed by atoms with Gasteiger partial charge in [-0.25, -0.2) is 9.69 Å². The highest BCUT2D eigenvalue weighted by Crippen LogP contribution is 2.42. The van der Waals surface area contributed by atoms with Gasteiger partial charge in [-0.1, -0.05) is 60.7 Å². The molecule has 45 heavy (non-hydrogen) atoms. The first-order chi connectivity index (χ1) is 22.2. The van der Waals surface area contributed by atoms with Crippen LogP contribution in [0.4, 0.5) is 11.4 Å². The Bertz CT molecular complexity index is 2480. The monoisotopic (exact) mass is 592 g/mol. The molecule has 2 aromatic heterocycles. The van der Waals surface area contributed by atoms with Gasteiger partial charge in [0.05, 0.1) is 35.2 Å². The van der Waals surface area contributed by atoms with Crippen molar-refractivity contribution in [2.45, 2.75) is 11.5 Å². The maximum atomic E-state index is 7.59. The molecule has 0 saturated carbocycles. The Balaban J connectivity index is 1.29. The quantitative estimate of drug-likeness (QED) is 0.183. The molecule has 8 aromatic rings. The van der Waals surface area contributed by atoms with E-state index in [0.29, 0.717) is 11.4 Å². The number of rotatable bonds is 2. The van der Waals surface area contributed by atoms with Crippen LogP contribution in [-0.4, -0.2) is 9.13 Å². The smallest absolute Gasteiger partial charge is 0.188 e. The Kier molecular flexibility index (Phi) is 5.65. The summed E-state index contributed by atoms with van der Waals surface area (Å²) in [7, 11) is 0. The lowest BCUT2D eigenvalue weighted by molar-refractivity contribution is 1.17. The summed E-state index contributed by atoms with van der Waals surface area (Å²) in [6, 6.07) is 42.8. The molecule has 210 valence electrons. The molecule has 5 heteroatoms. The molecule has 0 saturated heterocycles. The predicted molar refractivity (Wildman–Crippen MR) is 188 cm³/mol. The van der Waals surface area contributed by atoms with Crippen LogP contribution >= 0.6 is 11.8 Å². The zero-order valence-electron chi connectivity index (χ0n) is 24.2. The van der Waals surface area contributed by atoms with Crippen LogP contribution in [0.15, 0.2) is 121 Å². The van der Waals surface area contributed by atoms with Crippen molar-refractivity contribution in [3.63, 3.8) is 0 Å². The first-order valence-electron chi connectivity index (χ1n) is 14.9. The highest BCUT2D eigenvalue weighted by molar-refractivity contribution is 7.97. The fourth-order valence-electron chi connectivity index (χ4n) is 7.05. The zero-order chi connectivity index (χ0) is 30.1. The first kappa shape index (κ1) is 25.7. The van der Waals surface area contributed by atoms with Gasteiger partial charge in [0.25, 0.3) is 0 Å². The van der Waals surface area contributed by atoms with Crippen LogP contribution in [0.2, 0.25) is 0 Å². The Hall–Kier alpha value is -5.75. The zero-order valence-corrected chi connectivity index (χ0v) is 25.0. The summed E-state index contributed by atoms with van der Waals surface area (Å²) >= 11 is 1.96. The van der Waals surface area contributed by atoms with Gasteiger partial charge in [-0.2, -0.15) is 11.8 Å². The van der Waals surface area contributed by atoms with Crippen molar-refractivity contribution in [3.05, 3.63) is 155 Å². The van der Waals surface area contributed by atoms with Gasteiger partial charge < -0.3 is 9.13 Å². The molecule has 4 nitrogen and oxygen atoms in total. The summed E-state index contributed by atoms with van der Waals surface area (Å²) in [5.74, 6) is 1.91. The van der Waals surface area contributed by atoms with E-state index in [0.717, 1.165) is 44.7 Å². The molecule has 0 radical (unpaired) electrons. The summed E-state index contributed by atoms with van der Waals surface area (Å²) in [6.45, 7) is 15.2. The van der Waals surface area contributed by atoms with E-state index in [-0.39, 0.29) is 0 Å². The van der Waals surface area contributed by atoms with Gasteiger partial charge in [-0.3, -0.25) is 0 Å². The molecule has 0 spiro atoms. The van der Waals surface area contributed by atoms with E-state index < -0.39 is 0 Å². The number of hydrogen-bond donors (Lipinski definition) is 0. The second-order valence-electron chi connectivity index (χ2n) is 11.5. The van der Waals surface area contributed by atoms with Crippen molar-refractivity contribution in [1.82, 2.24) is 9.13 Å². The van der Waals surface area contributed by atoms with Crippen molar-refractivity contribution in [2.24, 2.45) is 0 Å². The first-order valence-corrected chi connectivity index (χ1v) is 16.0. The summed E-state index contributed by atoms with van der Waals surface area (Å²) in [5.41, 5.74) is 13.1. The van der Waals surface area contributed by atoms with Gasteiger partial charge in [0, 0.05) is 33.7 Å². The number of fused-ring (bicyclic) bond motifs is 9. The number of para-hydroxylation sites is 2. The highest BCUT2D eigenvalue weighted by atomic mass is 32.2. The third-order valence-electron chi connectivity index (χ3n) is 9.08. The molecule has 6 aromatic carbocycles. The third-order valence-corrected chi connectivity index (χ3v) is 10.1. The van der Waals surface area contributed by atoms with Crippen LogP contribution in [-0.2, 0) is 11.5 Å². The topological polar surface area (TPSA) is 18.6 Å². The average molecular weight is 593 g/mol. The minimum absolute atomic E-state index is 0.597. The van der Waals surface area contributed by atoms with Gasteiger partial charge in [-0.15, -0.1) is 0 Å². The molecule has 0 unspecified atom stereocenters. The van der Waals surface area contributed by atoms with E-state index in [1.807, 2.05) is 48.2 Å². The van der Waals surface area contributed by atoms with E-state index in [1.54, 1.807) is 0 Å². The molecule has 0 amide bonds. The van der Waals surface area contributed by atoms with Crippen LogP contribution in [0.1, 0.15) is 11.1 Å². The van der Waals surface area contributed by atoms with Gasteiger partial charge in [-0.05, 0) is 93.7 Å². The molecule has 1 aliphatic heterocycles. The molecule has 0 atom stereocenters. The lowest BCUT2D eigenvalue weighted by Gasteiger charge is -2.16. The van der Waals surface area contributed by atoms with E-state index in [9.17, 15) is 0 Å². The number of thioether (sulfide) groups is 1. The van der Waals surface area contributed by atoms with Gasteiger partial charge >= 0.3 is 0 Å². The number of benzene rings is 6. The Morgan fingerprint density at radius 1 is 0.467 bits per heavy atom. The fourth-order valence-corrected chi connectivity index (χ4v) is 8.09. The number of hydrogen-bond acceptors (Lipinski definition) is 1. The molecule has 0 bridgehead atoms. The molecule has 1 aliphatic rings. The lowest BCUT2D eigenvalue weighted by Crippen LogP contribution is -1.99. The predicted octanol–water partition coefficient (Wildman–Crippen LogP) is 11.4. The van der Waals surface area contributed by atoms with Crippen molar-refractivity contribution in [3.8, 4) is 22.5 Å². The molecular weight excluding hydrogens is 569 g/mol. The van der Waals surface area contributed by atoms with Gasteiger partial charge in [0.2, 0.25) is 0 Å². The van der Waals surface area contributed by atoms with Gasteiger partial charge in [0.15, 0.2) is 11.4 Å². The normalized spacial score (nSPS) is 12.6. The van der Waals surface area contributed by atoms with E-state index in [1.165, 1.54) is 44.1 Å². The lowest BCUT2D eigenvalue weighted by atomic mass is 9.95. The van der Waals surface area contributed by atoms with Crippen LogP contribution in [0.25, 0.3) is 75.8 Å². The van der Waals surface area contributed by atoms with Crippen LogP contribution in [0.3, 0.4) is 0 Å². The SMILES string of the molecule is [C-]#[N+]c1ccc2c(c1)c1cc([N+]#[C-])ccc1n2-c1ccc2c(c1)-c1cc(-n3c4ccccc4c4ccccc43)ccc1CSC2. The second-order valence-corrected chi connectivity index (χ2v) is 12.5. The van der Waals surface area contributed by atoms with E-state index in [2.05, 4.69) is 104 Å². The van der Waals surface area contributed by atoms with Gasteiger partial charge in [0.1, 0.15) is 0 Å². The summed E-state index contributed by atoms with van der Waals surface area (Å²) in [5, 5.41) is 4.50. The summed E-state index contributed by atoms with van der Waals surface area (Å²) in [4.78, 5) is 7.38. The standard InChI is InChI=1S/C40H24N4S/c1-41-27-13-17-39-35(19-27)36-20-28(42-2)14-18-40(36)44(39)30-16-12-26-24-45-23-25-11-15-29(21-33(25)34(26)22-30)43-37-9-5-3-7-31(37)32-8-4-6-10-38(32)43/h3-22H,23-24H2. The molecular formula is C40H24N4S. The Morgan fingerprint density at radius 3 is 1.38 bits per heavy atom. The van der Waals surface area contributed by atoms with Crippen LogP contribution in [0.5, 0.6) is 0 Å². The van der Waals surface area contributed by atoms with Crippen LogP contribution < -0.4 is 0 Å². The van der Waals surface area contributed by atoms with E-state index >= 15 is 0 Å². The fraction of sp³-hybridized carbons (Fsp3) is 0.0500. The van der Waals surface area contributed by atoms with Crippen molar-refractivity contribution in [1.29, 1.82) is 0 Å². The second kappa shape index (κ2) is 9.89. The Morgan fingerprint density at radius 2 is 0.911 bits per heavy atom. The number of aromatic nitrogens is 2. The molecule has 0 aliphatic carbocycles. The third kappa shape index (κ3) is 3.85. The maximum Gasteiger partial charge on any atom is 0.188 e. The molecule has 0 fully saturated rings. The Labute approximate surface area is 264 Å². The molecule has 9 rings (SSSR count). The summed E-state index contributed by atoms with van der Waals surface area (Å²) in [6.07, 6.45) is 0.